The zero-order chi connectivity index (χ0) is 22.0. The van der Waals surface area contributed by atoms with Gasteiger partial charge < -0.3 is 19.5 Å². The van der Waals surface area contributed by atoms with E-state index in [4.69, 9.17) is 21.1 Å². The molecule has 1 amide bonds. The second kappa shape index (κ2) is 12.2. The minimum Gasteiger partial charge on any atom is -0.469 e. The van der Waals surface area contributed by atoms with Gasteiger partial charge in [-0.25, -0.2) is 8.42 Å². The van der Waals surface area contributed by atoms with Crippen LogP contribution >= 0.6 is 11.6 Å². The molecule has 0 radical (unpaired) electrons. The van der Waals surface area contributed by atoms with Crippen molar-refractivity contribution in [1.29, 1.82) is 0 Å². The largest absolute Gasteiger partial charge is 0.469 e. The molecular formula is C19H27ClN2O7S. The predicted octanol–water partition coefficient (Wildman–Crippen LogP) is 1.60. The molecule has 9 nitrogen and oxygen atoms in total. The Hall–Kier alpha value is -1.72. The summed E-state index contributed by atoms with van der Waals surface area (Å²) >= 11 is 5.81. The molecule has 1 aliphatic rings. The highest BCUT2D eigenvalue weighted by atomic mass is 35.5. The monoisotopic (exact) mass is 462 g/mol. The lowest BCUT2D eigenvalue weighted by Gasteiger charge is -2.25. The molecule has 1 aromatic rings. The second-order valence-corrected chi connectivity index (χ2v) is 8.88. The lowest BCUT2D eigenvalue weighted by atomic mass is 10.2. The molecule has 1 fully saturated rings. The van der Waals surface area contributed by atoms with Crippen LogP contribution in [-0.2, 0) is 33.8 Å². The maximum Gasteiger partial charge on any atom is 0.305 e. The summed E-state index contributed by atoms with van der Waals surface area (Å²) < 4.78 is 43.4. The van der Waals surface area contributed by atoms with E-state index in [-0.39, 0.29) is 30.4 Å². The zero-order valence-corrected chi connectivity index (χ0v) is 18.3. The van der Waals surface area contributed by atoms with E-state index in [0.29, 0.717) is 24.5 Å². The van der Waals surface area contributed by atoms with Crippen LogP contribution in [0.4, 0.5) is 0 Å². The zero-order valence-electron chi connectivity index (χ0n) is 16.8. The van der Waals surface area contributed by atoms with Crippen molar-refractivity contribution in [2.75, 3.05) is 26.9 Å². The molecule has 0 spiro atoms. The number of nitrogens with one attached hydrogen (secondary N) is 2. The van der Waals surface area contributed by atoms with Gasteiger partial charge in [0.1, 0.15) is 6.04 Å². The molecular weight excluding hydrogens is 436 g/mol. The summed E-state index contributed by atoms with van der Waals surface area (Å²) in [6.45, 7) is 0.554. The number of halogens is 1. The van der Waals surface area contributed by atoms with Crippen LogP contribution < -0.4 is 10.0 Å². The van der Waals surface area contributed by atoms with E-state index < -0.39 is 28.3 Å². The van der Waals surface area contributed by atoms with Crippen LogP contribution in [0.15, 0.2) is 29.2 Å². The molecule has 30 heavy (non-hydrogen) atoms. The van der Waals surface area contributed by atoms with Crippen molar-refractivity contribution in [1.82, 2.24) is 10.0 Å². The van der Waals surface area contributed by atoms with Crippen molar-refractivity contribution in [3.05, 3.63) is 29.3 Å². The summed E-state index contributed by atoms with van der Waals surface area (Å²) in [5.41, 5.74) is 0. The summed E-state index contributed by atoms with van der Waals surface area (Å²) in [6.07, 6.45) is 2.58. The summed E-state index contributed by atoms with van der Waals surface area (Å²) in [5.74, 6) is -0.949. The van der Waals surface area contributed by atoms with Gasteiger partial charge in [-0.15, -0.1) is 0 Å². The first kappa shape index (κ1) is 24.5. The Kier molecular flexibility index (Phi) is 9.99. The van der Waals surface area contributed by atoms with Crippen LogP contribution in [0.1, 0.15) is 32.1 Å². The van der Waals surface area contributed by atoms with Crippen LogP contribution in [0.5, 0.6) is 0 Å². The first-order chi connectivity index (χ1) is 14.3. The number of amides is 1. The Labute approximate surface area is 181 Å². The highest BCUT2D eigenvalue weighted by Crippen LogP contribution is 2.16. The van der Waals surface area contributed by atoms with E-state index in [2.05, 4.69) is 14.8 Å². The molecule has 1 heterocycles. The number of rotatable bonds is 11. The van der Waals surface area contributed by atoms with Crippen LogP contribution in [0.25, 0.3) is 0 Å². The molecule has 2 N–H and O–H groups in total. The van der Waals surface area contributed by atoms with Gasteiger partial charge in [-0.05, 0) is 49.9 Å². The maximum absolute atomic E-state index is 12.7. The molecule has 0 bridgehead atoms. The van der Waals surface area contributed by atoms with Gasteiger partial charge in [0.2, 0.25) is 15.9 Å². The average Bonchev–Trinajstić information content (AvgIpc) is 2.74. The normalized spacial score (nSPS) is 17.9. The van der Waals surface area contributed by atoms with Crippen molar-refractivity contribution in [2.24, 2.45) is 0 Å². The van der Waals surface area contributed by atoms with E-state index in [1.807, 2.05) is 0 Å². The molecule has 2 atom stereocenters. The topological polar surface area (TPSA) is 120 Å². The molecule has 1 aromatic carbocycles. The number of hydrogen-bond donors (Lipinski definition) is 2. The van der Waals surface area contributed by atoms with E-state index >= 15 is 0 Å². The number of carbonyl (C=O) groups is 2. The molecule has 1 unspecified atom stereocenters. The highest BCUT2D eigenvalue weighted by Gasteiger charge is 2.27. The number of sulfonamides is 1. The molecule has 168 valence electrons. The van der Waals surface area contributed by atoms with Gasteiger partial charge in [-0.1, -0.05) is 11.6 Å². The van der Waals surface area contributed by atoms with E-state index in [9.17, 15) is 18.0 Å². The minimum atomic E-state index is -3.99. The summed E-state index contributed by atoms with van der Waals surface area (Å²) in [4.78, 5) is 23.7. The van der Waals surface area contributed by atoms with Gasteiger partial charge in [-0.3, -0.25) is 9.59 Å². The lowest BCUT2D eigenvalue weighted by Crippen LogP contribution is -2.50. The fourth-order valence-corrected chi connectivity index (χ4v) is 4.05. The number of benzene rings is 1. The first-order valence-corrected chi connectivity index (χ1v) is 11.5. The fourth-order valence-electron chi connectivity index (χ4n) is 2.75. The van der Waals surface area contributed by atoms with Crippen molar-refractivity contribution in [3.63, 3.8) is 0 Å². The van der Waals surface area contributed by atoms with Crippen LogP contribution in [0, 0.1) is 0 Å². The molecule has 2 rings (SSSR count). The summed E-state index contributed by atoms with van der Waals surface area (Å²) in [7, 11) is -2.70. The third kappa shape index (κ3) is 8.19. The molecule has 1 aliphatic heterocycles. The lowest BCUT2D eigenvalue weighted by molar-refractivity contribution is -0.167. The molecule has 11 heteroatoms. The second-order valence-electron chi connectivity index (χ2n) is 6.73. The van der Waals surface area contributed by atoms with E-state index in [1.165, 1.54) is 31.4 Å². The van der Waals surface area contributed by atoms with Gasteiger partial charge in [0.05, 0.1) is 18.6 Å². The predicted molar refractivity (Wildman–Crippen MR) is 109 cm³/mol. The molecule has 0 aliphatic carbocycles. The van der Waals surface area contributed by atoms with E-state index in [0.717, 1.165) is 12.8 Å². The number of esters is 1. The smallest absolute Gasteiger partial charge is 0.305 e. The van der Waals surface area contributed by atoms with Gasteiger partial charge in [0.25, 0.3) is 0 Å². The van der Waals surface area contributed by atoms with Crippen molar-refractivity contribution in [3.8, 4) is 0 Å². The Bertz CT molecular complexity index is 796. The van der Waals surface area contributed by atoms with Crippen molar-refractivity contribution >= 4 is 33.5 Å². The Morgan fingerprint density at radius 1 is 1.27 bits per heavy atom. The summed E-state index contributed by atoms with van der Waals surface area (Å²) in [6, 6.07) is 4.42. The first-order valence-electron chi connectivity index (χ1n) is 9.67. The van der Waals surface area contributed by atoms with Crippen LogP contribution in [0.3, 0.4) is 0 Å². The maximum atomic E-state index is 12.7. The number of carbonyl (C=O) groups excluding carboxylic acids is 2. The third-order valence-electron chi connectivity index (χ3n) is 4.41. The fraction of sp³-hybridized carbons (Fsp3) is 0.579. The molecule has 0 aromatic heterocycles. The highest BCUT2D eigenvalue weighted by molar-refractivity contribution is 7.89. The number of methoxy groups -OCH3 is 1. The SMILES string of the molecule is COC(=O)CCCNC(=O)[C@H](COC1CCCCO1)NS(=O)(=O)c1ccc(Cl)cc1. The van der Waals surface area contributed by atoms with Gasteiger partial charge in [0.15, 0.2) is 6.29 Å². The van der Waals surface area contributed by atoms with Gasteiger partial charge >= 0.3 is 5.97 Å². The Morgan fingerprint density at radius 2 is 2.00 bits per heavy atom. The van der Waals surface area contributed by atoms with Crippen molar-refractivity contribution in [2.45, 2.75) is 49.3 Å². The quantitative estimate of drug-likeness (QED) is 0.378. The number of ether oxygens (including phenoxy) is 3. The third-order valence-corrected chi connectivity index (χ3v) is 6.15. The van der Waals surface area contributed by atoms with Crippen molar-refractivity contribution < 1.29 is 32.2 Å². The van der Waals surface area contributed by atoms with Crippen LogP contribution in [0.2, 0.25) is 5.02 Å². The Balaban J connectivity index is 2.00. The standard InChI is InChI=1S/C19H27ClN2O7S/c1-27-17(23)5-4-11-21-19(24)16(13-29-18-6-2-3-12-28-18)22-30(25,26)15-9-7-14(20)8-10-15/h7-10,16,18,22H,2-6,11-13H2,1H3,(H,21,24)/t16-,18?/m0/s1. The van der Waals surface area contributed by atoms with Gasteiger partial charge in [0, 0.05) is 24.6 Å². The Morgan fingerprint density at radius 3 is 2.63 bits per heavy atom. The van der Waals surface area contributed by atoms with Crippen LogP contribution in [-0.4, -0.2) is 59.5 Å². The number of hydrogen-bond acceptors (Lipinski definition) is 7. The van der Waals surface area contributed by atoms with Gasteiger partial charge in [-0.2, -0.15) is 4.72 Å². The molecule has 0 saturated carbocycles. The average molecular weight is 463 g/mol. The summed E-state index contributed by atoms with van der Waals surface area (Å²) in [5, 5.41) is 3.01. The molecule has 1 saturated heterocycles. The van der Waals surface area contributed by atoms with E-state index in [1.54, 1.807) is 0 Å². The minimum absolute atomic E-state index is 0.0238.